The first kappa shape index (κ1) is 27.0. The molecule has 2 heteroatoms. The minimum Gasteiger partial charge on any atom is -0.378 e. The Morgan fingerprint density at radius 1 is 0.236 bits per heavy atom. The Kier molecular flexibility index (Phi) is 2.30. The van der Waals surface area contributed by atoms with Gasteiger partial charge in [0.05, 0.1) is 10.8 Å². The Morgan fingerprint density at radius 3 is 0.542 bits per heavy atom. The smallest absolute Gasteiger partial charge is 0.0558 e. The van der Waals surface area contributed by atoms with E-state index in [4.69, 9.17) is 0 Å². The van der Waals surface area contributed by atoms with Crippen molar-refractivity contribution >= 4 is 302 Å². The van der Waals surface area contributed by atoms with Gasteiger partial charge in [0.15, 0.2) is 0 Å². The van der Waals surface area contributed by atoms with E-state index in [0.29, 0.717) is 0 Å². The third kappa shape index (κ3) is 1.45. The molecule has 4 aliphatic carbocycles. The van der Waals surface area contributed by atoms with Crippen molar-refractivity contribution in [2.45, 2.75) is 10.8 Å². The molecule has 0 N–H and O–H groups in total. The van der Waals surface area contributed by atoms with E-state index in [0.717, 1.165) is 13.1 Å². The highest BCUT2D eigenvalue weighted by atomic mass is 15.2. The van der Waals surface area contributed by atoms with Crippen LogP contribution in [0.5, 0.6) is 0 Å². The number of hydrogen-bond donors (Lipinski definition) is 0. The van der Waals surface area contributed by atoms with Crippen LogP contribution in [0.15, 0.2) is 24.3 Å². The van der Waals surface area contributed by atoms with Crippen LogP contribution in [0.4, 0.5) is 11.4 Å². The maximum Gasteiger partial charge on any atom is 0.0558 e. The number of anilines is 2. The SMILES string of the molecule is CN(C)c1ccc(N2CC34c5c6c7c8c9c%10c(c%11c%12c3c3c5c5c%13c6c6c7c7c9c9c%14c%10c%10c%11c%11c%12c%12c3c3c5c5c%13c%13c6c6c7c9c7c9c%14c%10c%10c%11c%11c%12c3c3c5c5c%13c6c7c6c9c%10c%11c3c56)C84C2)cc1. The van der Waals surface area contributed by atoms with Crippen molar-refractivity contribution in [3.8, 4) is 0 Å². The lowest BCUT2D eigenvalue weighted by Gasteiger charge is -2.49. The molecular formula is C70H14N2. The van der Waals surface area contributed by atoms with Crippen LogP contribution in [-0.2, 0) is 10.8 Å². The van der Waals surface area contributed by atoms with E-state index in [2.05, 4.69) is 48.2 Å². The molecule has 304 valence electrons. The van der Waals surface area contributed by atoms with E-state index in [-0.39, 0.29) is 10.8 Å². The van der Waals surface area contributed by atoms with Gasteiger partial charge in [-0.3, -0.25) is 0 Å². The average Bonchev–Trinajstić information content (AvgIpc) is 4.42. The minimum absolute atomic E-state index is 0.224. The van der Waals surface area contributed by atoms with Crippen molar-refractivity contribution in [3.05, 3.63) is 46.5 Å². The predicted octanol–water partition coefficient (Wildman–Crippen LogP) is 17.9. The van der Waals surface area contributed by atoms with Gasteiger partial charge >= 0.3 is 0 Å². The fourth-order valence-corrected chi connectivity index (χ4v) is 25.9. The first-order chi connectivity index (χ1) is 35.7. The van der Waals surface area contributed by atoms with Gasteiger partial charge < -0.3 is 9.80 Å². The van der Waals surface area contributed by atoms with Crippen molar-refractivity contribution in [2.24, 2.45) is 0 Å². The second kappa shape index (κ2) is 6.13. The van der Waals surface area contributed by atoms with Crippen LogP contribution in [-0.4, -0.2) is 27.2 Å². The molecule has 0 bridgehead atoms. The molecule has 29 aromatic rings. The molecule has 0 aromatic heterocycles. The van der Waals surface area contributed by atoms with E-state index in [1.165, 1.54) is 11.4 Å². The van der Waals surface area contributed by atoms with Gasteiger partial charge in [-0.05, 0) is 337 Å². The van der Waals surface area contributed by atoms with Crippen LogP contribution in [0.25, 0.3) is 291 Å². The summed E-state index contributed by atoms with van der Waals surface area (Å²) in [5.74, 6) is 0. The van der Waals surface area contributed by atoms with E-state index in [1.54, 1.807) is 313 Å². The van der Waals surface area contributed by atoms with Gasteiger partial charge in [0.2, 0.25) is 0 Å². The van der Waals surface area contributed by atoms with Crippen LogP contribution >= 0.6 is 0 Å². The zero-order chi connectivity index (χ0) is 43.0. The predicted molar refractivity (Wildman–Crippen MR) is 307 cm³/mol. The third-order valence-electron chi connectivity index (χ3n) is 26.3. The molecule has 72 heavy (non-hydrogen) atoms. The van der Waals surface area contributed by atoms with Gasteiger partial charge in [0.25, 0.3) is 0 Å². The fraction of sp³-hybridized carbons (Fsp3) is 0.0857. The molecule has 2 nitrogen and oxygen atoms in total. The molecule has 0 atom stereocenters. The molecule has 5 aliphatic rings. The van der Waals surface area contributed by atoms with Crippen LogP contribution in [0.2, 0.25) is 0 Å². The summed E-state index contributed by atoms with van der Waals surface area (Å²) in [6, 6.07) is 9.79. The Morgan fingerprint density at radius 2 is 0.389 bits per heavy atom. The van der Waals surface area contributed by atoms with Crippen molar-refractivity contribution in [2.75, 3.05) is 37.0 Å². The normalized spacial score (nSPS) is 22.3. The number of rotatable bonds is 2. The van der Waals surface area contributed by atoms with Gasteiger partial charge in [-0.25, -0.2) is 0 Å². The topological polar surface area (TPSA) is 6.48 Å². The highest BCUT2D eigenvalue weighted by Gasteiger charge is 2.73. The lowest BCUT2D eigenvalue weighted by atomic mass is 9.50. The molecule has 0 radical (unpaired) electrons. The summed E-state index contributed by atoms with van der Waals surface area (Å²) in [5, 5.41) is 90.6. The van der Waals surface area contributed by atoms with E-state index >= 15 is 0 Å². The zero-order valence-electron chi connectivity index (χ0n) is 37.6. The third-order valence-corrected chi connectivity index (χ3v) is 26.3. The van der Waals surface area contributed by atoms with E-state index in [9.17, 15) is 0 Å². The Bertz CT molecular complexity index is 6860. The highest BCUT2D eigenvalue weighted by Crippen LogP contribution is 2.85. The number of benzene rings is 19. The molecule has 34 rings (SSSR count). The highest BCUT2D eigenvalue weighted by molar-refractivity contribution is 6.82. The first-order valence-electron chi connectivity index (χ1n) is 27.0. The van der Waals surface area contributed by atoms with Crippen molar-refractivity contribution in [1.82, 2.24) is 0 Å². The van der Waals surface area contributed by atoms with Crippen LogP contribution < -0.4 is 9.80 Å². The summed E-state index contributed by atoms with van der Waals surface area (Å²) in [6.07, 6.45) is 0. The molecule has 1 saturated heterocycles. The summed E-state index contributed by atoms with van der Waals surface area (Å²) in [6.45, 7) is 2.06. The monoisotopic (exact) mass is 882 g/mol. The fourth-order valence-electron chi connectivity index (χ4n) is 25.9. The summed E-state index contributed by atoms with van der Waals surface area (Å²) >= 11 is 0. The van der Waals surface area contributed by atoms with E-state index in [1.807, 2.05) is 0 Å². The average molecular weight is 883 g/mol. The molecule has 0 saturated carbocycles. The van der Waals surface area contributed by atoms with Crippen LogP contribution in [0.3, 0.4) is 0 Å². The second-order valence-electron chi connectivity index (χ2n) is 26.8. The lowest BCUT2D eigenvalue weighted by Crippen LogP contribution is -2.51. The second-order valence-corrected chi connectivity index (χ2v) is 26.8. The zero-order valence-corrected chi connectivity index (χ0v) is 37.6. The summed E-state index contributed by atoms with van der Waals surface area (Å²) < 4.78 is 0. The summed E-state index contributed by atoms with van der Waals surface area (Å²) in [5.41, 5.74) is 9.36. The number of nitrogens with zero attached hydrogens (tertiary/aromatic N) is 2. The standard InChI is InChI=1S/C70H14N2/c1-71(2)9-3-5-10(6-4-9)72-7-69-65-57-49-39-29-21-13-11-12-15-19-17(13)25-33-27(19)37-31-23(15)24-16(12)20-18-14(11)22(21)30-36-26(18)34-28(20)38-32(24)42-41(31)51-45(37)55-47(33)53(43(49)35(25)29)61(65)63(55)67-59(51)60-52(42)46(38)56-48(34)54-44(36)50(40(30)39)58(57)66(69)62(54)64(56)68(60)70(67,69)8-72/h3-6H,7-8H2,1-2H3. The Labute approximate surface area is 394 Å². The lowest BCUT2D eigenvalue weighted by molar-refractivity contribution is 0.415. The molecule has 0 amide bonds. The van der Waals surface area contributed by atoms with Gasteiger partial charge in [0.1, 0.15) is 0 Å². The Hall–Kier alpha value is -8.72. The van der Waals surface area contributed by atoms with Crippen LogP contribution in [0, 0.1) is 0 Å². The Balaban J connectivity index is 1.11. The molecule has 1 fully saturated rings. The van der Waals surface area contributed by atoms with Gasteiger partial charge in [0, 0.05) is 38.6 Å². The van der Waals surface area contributed by atoms with Crippen molar-refractivity contribution in [1.29, 1.82) is 0 Å². The maximum absolute atomic E-state index is 2.96. The summed E-state index contributed by atoms with van der Waals surface area (Å²) in [7, 11) is 4.39. The quantitative estimate of drug-likeness (QED) is 0.160. The van der Waals surface area contributed by atoms with Gasteiger partial charge in [-0.15, -0.1) is 0 Å². The van der Waals surface area contributed by atoms with Gasteiger partial charge in [-0.2, -0.15) is 0 Å². The molecular weight excluding hydrogens is 869 g/mol. The maximum atomic E-state index is 2.96. The largest absolute Gasteiger partial charge is 0.378 e. The molecule has 1 heterocycles. The van der Waals surface area contributed by atoms with Crippen LogP contribution in [0.1, 0.15) is 22.3 Å². The molecule has 29 aromatic carbocycles. The molecule has 2 spiro atoms. The minimum atomic E-state index is -0.224. The molecule has 1 aliphatic heterocycles. The molecule has 0 unspecified atom stereocenters. The first-order valence-corrected chi connectivity index (χ1v) is 27.0. The summed E-state index contributed by atoms with van der Waals surface area (Å²) in [4.78, 5) is 5.24. The van der Waals surface area contributed by atoms with Gasteiger partial charge in [-0.1, -0.05) is 0 Å². The number of hydrogen-bond acceptors (Lipinski definition) is 2. The van der Waals surface area contributed by atoms with E-state index < -0.39 is 0 Å². The van der Waals surface area contributed by atoms with Crippen molar-refractivity contribution < 1.29 is 0 Å². The van der Waals surface area contributed by atoms with Crippen molar-refractivity contribution in [3.63, 3.8) is 0 Å².